The fourth-order valence-corrected chi connectivity index (χ4v) is 1.21. The summed E-state index contributed by atoms with van der Waals surface area (Å²) in [5.41, 5.74) is -0.121. The van der Waals surface area contributed by atoms with E-state index < -0.39 is 0 Å². The number of hydrogen-bond acceptors (Lipinski definition) is 2. The Kier molecular flexibility index (Phi) is 1.67. The summed E-state index contributed by atoms with van der Waals surface area (Å²) in [5, 5.41) is 0. The summed E-state index contributed by atoms with van der Waals surface area (Å²) < 4.78 is 0. The zero-order chi connectivity index (χ0) is 7.78. The molecule has 0 N–H and O–H groups in total. The average Bonchev–Trinajstić information content (AvgIpc) is 1.79. The molecule has 10 heavy (non-hydrogen) atoms. The minimum atomic E-state index is -0.184. The molecule has 0 unspecified atom stereocenters. The third-order valence-corrected chi connectivity index (χ3v) is 1.98. The highest BCUT2D eigenvalue weighted by Gasteiger charge is 2.32. The van der Waals surface area contributed by atoms with E-state index in [1.807, 2.05) is 13.8 Å². The zero-order valence-electron chi connectivity index (χ0n) is 6.44. The molecule has 1 aliphatic heterocycles. The number of carbonyl (C=O) groups excluding carboxylic acids is 2. The Hall–Kier alpha value is -0.595. The first kappa shape index (κ1) is 7.51. The second-order valence-corrected chi connectivity index (χ2v) is 3.69. The zero-order valence-corrected chi connectivity index (χ0v) is 6.44. The van der Waals surface area contributed by atoms with E-state index in [0.29, 0.717) is 13.7 Å². The van der Waals surface area contributed by atoms with Crippen LogP contribution in [0.4, 0.5) is 0 Å². The lowest BCUT2D eigenvalue weighted by Gasteiger charge is -2.26. The summed E-state index contributed by atoms with van der Waals surface area (Å²) in [6, 6.07) is 0. The number of carbonyl (C=O) groups is 2. The maximum Gasteiger partial charge on any atom is 0.216 e. The maximum absolute atomic E-state index is 10.9. The van der Waals surface area contributed by atoms with E-state index in [1.165, 1.54) is 0 Å². The molecule has 0 bridgehead atoms. The highest BCUT2D eigenvalue weighted by atomic mass is 16.2. The molecule has 0 aromatic heterocycles. The van der Waals surface area contributed by atoms with E-state index >= 15 is 0 Å². The van der Waals surface area contributed by atoms with Crippen molar-refractivity contribution in [3.63, 3.8) is 0 Å². The van der Waals surface area contributed by atoms with Gasteiger partial charge in [0.2, 0.25) is 7.28 Å². The smallest absolute Gasteiger partial charge is 0.216 e. The lowest BCUT2D eigenvalue weighted by atomic mass is 9.54. The van der Waals surface area contributed by atoms with E-state index in [9.17, 15) is 9.59 Å². The van der Waals surface area contributed by atoms with E-state index in [4.69, 9.17) is 0 Å². The van der Waals surface area contributed by atoms with Crippen molar-refractivity contribution in [1.29, 1.82) is 0 Å². The Morgan fingerprint density at radius 2 is 2.00 bits per heavy atom. The van der Waals surface area contributed by atoms with Crippen LogP contribution in [0, 0.1) is 5.41 Å². The van der Waals surface area contributed by atoms with Gasteiger partial charge in [0.05, 0.1) is 0 Å². The molecule has 0 aromatic carbocycles. The lowest BCUT2D eigenvalue weighted by molar-refractivity contribution is -0.134. The Bertz CT molecular complexity index is 184. The van der Waals surface area contributed by atoms with Crippen LogP contribution < -0.4 is 0 Å². The molecule has 3 heteroatoms. The topological polar surface area (TPSA) is 34.1 Å². The minimum absolute atomic E-state index is 0.0605. The van der Waals surface area contributed by atoms with Crippen LogP contribution in [-0.4, -0.2) is 18.7 Å². The lowest BCUT2D eigenvalue weighted by Crippen LogP contribution is -2.35. The summed E-state index contributed by atoms with van der Waals surface area (Å²) >= 11 is 0. The summed E-state index contributed by atoms with van der Waals surface area (Å²) in [4.78, 5) is 21.6. The van der Waals surface area contributed by atoms with E-state index in [1.54, 1.807) is 0 Å². The second kappa shape index (κ2) is 2.22. The van der Waals surface area contributed by atoms with Gasteiger partial charge >= 0.3 is 0 Å². The molecule has 0 spiro atoms. The molecule has 0 saturated carbocycles. The highest BCUT2D eigenvalue weighted by molar-refractivity contribution is 6.89. The summed E-state index contributed by atoms with van der Waals surface area (Å²) in [7, 11) is 0.450. The average molecular weight is 138 g/mol. The molecule has 0 aromatic rings. The SMILES string of the molecule is CC1(C)CBC(=O)C(=O)C1. The first-order valence-electron chi connectivity index (χ1n) is 3.57. The van der Waals surface area contributed by atoms with Gasteiger partial charge in [-0.3, -0.25) is 4.79 Å². The van der Waals surface area contributed by atoms with Crippen molar-refractivity contribution in [2.75, 3.05) is 0 Å². The molecule has 1 saturated heterocycles. The van der Waals surface area contributed by atoms with Crippen molar-refractivity contribution in [2.24, 2.45) is 5.41 Å². The molecular formula is C7H11BO2. The van der Waals surface area contributed by atoms with Crippen molar-refractivity contribution >= 4 is 18.7 Å². The van der Waals surface area contributed by atoms with Crippen LogP contribution in [0.25, 0.3) is 0 Å². The van der Waals surface area contributed by atoms with Crippen LogP contribution >= 0.6 is 0 Å². The highest BCUT2D eigenvalue weighted by Crippen LogP contribution is 2.28. The molecule has 2 nitrogen and oxygen atoms in total. The number of hydrogen-bond donors (Lipinski definition) is 0. The fraction of sp³-hybridized carbons (Fsp3) is 0.714. The van der Waals surface area contributed by atoms with E-state index in [0.717, 1.165) is 6.32 Å². The van der Waals surface area contributed by atoms with E-state index in [2.05, 4.69) is 0 Å². The predicted octanol–water partition coefficient (Wildman–Crippen LogP) is 0.367. The van der Waals surface area contributed by atoms with Crippen molar-refractivity contribution < 1.29 is 9.59 Å². The molecule has 0 amide bonds. The molecule has 0 radical (unpaired) electrons. The van der Waals surface area contributed by atoms with Gasteiger partial charge in [-0.1, -0.05) is 20.2 Å². The van der Waals surface area contributed by atoms with Gasteiger partial charge in [0.1, 0.15) is 0 Å². The molecule has 0 atom stereocenters. The van der Waals surface area contributed by atoms with Gasteiger partial charge in [-0.25, -0.2) is 0 Å². The van der Waals surface area contributed by atoms with Crippen molar-refractivity contribution in [3.8, 4) is 0 Å². The normalized spacial score (nSPS) is 24.2. The van der Waals surface area contributed by atoms with Crippen LogP contribution in [0.3, 0.4) is 0 Å². The third kappa shape index (κ3) is 1.46. The van der Waals surface area contributed by atoms with Gasteiger partial charge in [0.15, 0.2) is 11.5 Å². The van der Waals surface area contributed by atoms with Crippen molar-refractivity contribution in [3.05, 3.63) is 0 Å². The first-order chi connectivity index (χ1) is 4.51. The quantitative estimate of drug-likeness (QED) is 0.358. The molecule has 54 valence electrons. The largest absolute Gasteiger partial charge is 0.303 e. The van der Waals surface area contributed by atoms with Gasteiger partial charge in [0, 0.05) is 6.42 Å². The van der Waals surface area contributed by atoms with Crippen LogP contribution in [0.1, 0.15) is 20.3 Å². The second-order valence-electron chi connectivity index (χ2n) is 3.69. The maximum atomic E-state index is 10.9. The monoisotopic (exact) mass is 138 g/mol. The van der Waals surface area contributed by atoms with Crippen LogP contribution in [0.5, 0.6) is 0 Å². The third-order valence-electron chi connectivity index (χ3n) is 1.98. The van der Waals surface area contributed by atoms with Crippen molar-refractivity contribution in [2.45, 2.75) is 26.6 Å². The van der Waals surface area contributed by atoms with Crippen LogP contribution in [-0.2, 0) is 9.59 Å². The number of Topliss-reactive ketones (excluding diaryl/α,β-unsaturated/α-hetero) is 1. The summed E-state index contributed by atoms with van der Waals surface area (Å²) in [5.74, 6) is -0.184. The molecule has 1 rings (SSSR count). The predicted molar refractivity (Wildman–Crippen MR) is 40.4 cm³/mol. The van der Waals surface area contributed by atoms with Gasteiger partial charge in [-0.2, -0.15) is 0 Å². The van der Waals surface area contributed by atoms with Crippen LogP contribution in [0.2, 0.25) is 6.32 Å². The number of ketones is 1. The Balaban J connectivity index is 2.66. The Morgan fingerprint density at radius 3 is 2.40 bits per heavy atom. The number of rotatable bonds is 0. The molecule has 1 aliphatic rings. The Labute approximate surface area is 61.2 Å². The molecule has 0 aliphatic carbocycles. The van der Waals surface area contributed by atoms with E-state index in [-0.39, 0.29) is 16.9 Å². The first-order valence-corrected chi connectivity index (χ1v) is 3.57. The summed E-state index contributed by atoms with van der Waals surface area (Å²) in [6.45, 7) is 4.05. The Morgan fingerprint density at radius 1 is 1.40 bits per heavy atom. The van der Waals surface area contributed by atoms with Gasteiger partial charge in [-0.15, -0.1) is 0 Å². The van der Waals surface area contributed by atoms with Gasteiger partial charge in [-0.05, 0) is 5.41 Å². The van der Waals surface area contributed by atoms with Gasteiger partial charge < -0.3 is 4.79 Å². The summed E-state index contributed by atoms with van der Waals surface area (Å²) in [6.07, 6.45) is 1.30. The molecular weight excluding hydrogens is 127 g/mol. The van der Waals surface area contributed by atoms with Crippen LogP contribution in [0.15, 0.2) is 0 Å². The fourth-order valence-electron chi connectivity index (χ4n) is 1.21. The van der Waals surface area contributed by atoms with Gasteiger partial charge in [0.25, 0.3) is 0 Å². The van der Waals surface area contributed by atoms with Crippen molar-refractivity contribution in [1.82, 2.24) is 0 Å². The molecule has 1 heterocycles. The minimum Gasteiger partial charge on any atom is -0.303 e. The standard InChI is InChI=1S/C7H11BO2/c1-7(2)3-5(9)6(10)8-4-7/h8H,3-4H2,1-2H3. The molecule has 1 fully saturated rings.